The van der Waals surface area contributed by atoms with E-state index in [1.54, 1.807) is 11.3 Å². The van der Waals surface area contributed by atoms with E-state index in [0.717, 1.165) is 36.2 Å². The van der Waals surface area contributed by atoms with E-state index in [4.69, 9.17) is 4.99 Å². The Labute approximate surface area is 193 Å². The van der Waals surface area contributed by atoms with Crippen LogP contribution in [0.5, 0.6) is 0 Å². The highest BCUT2D eigenvalue weighted by molar-refractivity contribution is 14.0. The van der Waals surface area contributed by atoms with Crippen molar-refractivity contribution in [1.82, 2.24) is 24.9 Å². The second kappa shape index (κ2) is 10.9. The topological polar surface area (TPSA) is 57.0 Å². The molecule has 0 aliphatic carbocycles. The summed E-state index contributed by atoms with van der Waals surface area (Å²) < 4.78 is 2.05. The van der Waals surface area contributed by atoms with Gasteiger partial charge in [-0.2, -0.15) is 0 Å². The van der Waals surface area contributed by atoms with Crippen LogP contribution in [-0.4, -0.2) is 45.9 Å². The number of hydrogen-bond acceptors (Lipinski definition) is 4. The van der Waals surface area contributed by atoms with Gasteiger partial charge in [-0.3, -0.25) is 9.30 Å². The lowest BCUT2D eigenvalue weighted by molar-refractivity contribution is 0.245. The van der Waals surface area contributed by atoms with Crippen molar-refractivity contribution in [3.63, 3.8) is 0 Å². The predicted octanol–water partition coefficient (Wildman–Crippen LogP) is 3.73. The molecule has 0 radical (unpaired) electrons. The predicted molar refractivity (Wildman–Crippen MR) is 131 cm³/mol. The Hall–Kier alpha value is -1.65. The van der Waals surface area contributed by atoms with Crippen molar-refractivity contribution >= 4 is 46.2 Å². The van der Waals surface area contributed by atoms with E-state index in [0.29, 0.717) is 12.6 Å². The number of benzene rings is 1. The second-order valence-corrected chi connectivity index (χ2v) is 8.03. The average Bonchev–Trinajstić information content (AvgIpc) is 3.41. The van der Waals surface area contributed by atoms with Crippen molar-refractivity contribution in [2.24, 2.45) is 4.99 Å². The normalized spacial score (nSPS) is 17.4. The fraction of sp³-hybridized carbons (Fsp3) is 0.429. The molecule has 3 heterocycles. The molecule has 0 saturated carbocycles. The number of aliphatic imine (C=N–C) groups is 1. The summed E-state index contributed by atoms with van der Waals surface area (Å²) in [5.41, 5.74) is 2.38. The van der Waals surface area contributed by atoms with Gasteiger partial charge in [0.15, 0.2) is 10.9 Å². The molecule has 0 spiro atoms. The molecule has 8 heteroatoms. The summed E-state index contributed by atoms with van der Waals surface area (Å²) in [5, 5.41) is 8.94. The monoisotopic (exact) mass is 524 g/mol. The SMILES string of the molecule is CCNC(=NCc1cn2ccsc2n1)NCC1CCCN1Cc1ccccc1.I. The minimum absolute atomic E-state index is 0. The Morgan fingerprint density at radius 1 is 1.28 bits per heavy atom. The maximum atomic E-state index is 4.73. The van der Waals surface area contributed by atoms with Crippen LogP contribution in [0.3, 0.4) is 0 Å². The van der Waals surface area contributed by atoms with Crippen LogP contribution < -0.4 is 10.6 Å². The summed E-state index contributed by atoms with van der Waals surface area (Å²) in [5.74, 6) is 0.866. The molecule has 1 aliphatic heterocycles. The van der Waals surface area contributed by atoms with Crippen LogP contribution >= 0.6 is 35.3 Å². The van der Waals surface area contributed by atoms with Crippen LogP contribution in [0, 0.1) is 0 Å². The molecule has 0 bridgehead atoms. The van der Waals surface area contributed by atoms with Crippen LogP contribution in [0.2, 0.25) is 0 Å². The Balaban J connectivity index is 0.00000240. The molecule has 1 aliphatic rings. The maximum absolute atomic E-state index is 4.73. The van der Waals surface area contributed by atoms with Gasteiger partial charge in [-0.05, 0) is 31.9 Å². The molecule has 1 saturated heterocycles. The Morgan fingerprint density at radius 2 is 2.14 bits per heavy atom. The van der Waals surface area contributed by atoms with Gasteiger partial charge in [0, 0.05) is 43.4 Å². The number of nitrogens with zero attached hydrogens (tertiary/aromatic N) is 4. The number of halogens is 1. The summed E-state index contributed by atoms with van der Waals surface area (Å²) in [4.78, 5) is 12.9. The largest absolute Gasteiger partial charge is 0.357 e. The van der Waals surface area contributed by atoms with Crippen molar-refractivity contribution in [3.05, 3.63) is 59.4 Å². The summed E-state index contributed by atoms with van der Waals surface area (Å²) in [6, 6.07) is 11.3. The molecule has 2 aromatic heterocycles. The van der Waals surface area contributed by atoms with E-state index in [1.807, 2.05) is 11.6 Å². The zero-order chi connectivity index (χ0) is 19.2. The van der Waals surface area contributed by atoms with Crippen LogP contribution in [0.15, 0.2) is 53.1 Å². The average molecular weight is 524 g/mol. The lowest BCUT2D eigenvalue weighted by atomic mass is 10.2. The van der Waals surface area contributed by atoms with Gasteiger partial charge in [0.2, 0.25) is 0 Å². The van der Waals surface area contributed by atoms with Crippen LogP contribution in [-0.2, 0) is 13.1 Å². The summed E-state index contributed by atoms with van der Waals surface area (Å²) in [6.45, 7) is 6.63. The molecule has 2 N–H and O–H groups in total. The number of rotatable bonds is 7. The minimum Gasteiger partial charge on any atom is -0.357 e. The van der Waals surface area contributed by atoms with Gasteiger partial charge in [-0.1, -0.05) is 30.3 Å². The van der Waals surface area contributed by atoms with Crippen LogP contribution in [0.1, 0.15) is 31.0 Å². The van der Waals surface area contributed by atoms with E-state index < -0.39 is 0 Å². The van der Waals surface area contributed by atoms with E-state index in [1.165, 1.54) is 24.9 Å². The fourth-order valence-electron chi connectivity index (χ4n) is 3.72. The first-order valence-electron chi connectivity index (χ1n) is 10.0. The van der Waals surface area contributed by atoms with Gasteiger partial charge in [0.05, 0.1) is 12.2 Å². The first-order chi connectivity index (χ1) is 13.8. The van der Waals surface area contributed by atoms with Gasteiger partial charge >= 0.3 is 0 Å². The number of thiazole rings is 1. The molecule has 1 aromatic carbocycles. The molecule has 4 rings (SSSR count). The molecule has 156 valence electrons. The number of nitrogens with one attached hydrogen (secondary N) is 2. The third-order valence-electron chi connectivity index (χ3n) is 5.12. The molecule has 1 unspecified atom stereocenters. The maximum Gasteiger partial charge on any atom is 0.193 e. The van der Waals surface area contributed by atoms with Crippen molar-refractivity contribution in [3.8, 4) is 0 Å². The summed E-state index contributed by atoms with van der Waals surface area (Å²) in [7, 11) is 0. The number of imidazole rings is 1. The zero-order valence-electron chi connectivity index (χ0n) is 16.8. The summed E-state index contributed by atoms with van der Waals surface area (Å²) in [6.07, 6.45) is 6.58. The third-order valence-corrected chi connectivity index (χ3v) is 5.89. The number of fused-ring (bicyclic) bond motifs is 1. The molecule has 3 aromatic rings. The zero-order valence-corrected chi connectivity index (χ0v) is 19.9. The van der Waals surface area contributed by atoms with E-state index in [9.17, 15) is 0 Å². The van der Waals surface area contributed by atoms with Gasteiger partial charge in [-0.25, -0.2) is 9.98 Å². The van der Waals surface area contributed by atoms with E-state index in [-0.39, 0.29) is 24.0 Å². The van der Waals surface area contributed by atoms with Crippen molar-refractivity contribution in [2.75, 3.05) is 19.6 Å². The lowest BCUT2D eigenvalue weighted by Crippen LogP contribution is -2.44. The van der Waals surface area contributed by atoms with E-state index >= 15 is 0 Å². The Bertz CT molecular complexity index is 878. The molecule has 0 amide bonds. The smallest absolute Gasteiger partial charge is 0.193 e. The van der Waals surface area contributed by atoms with Crippen molar-refractivity contribution in [2.45, 2.75) is 38.9 Å². The van der Waals surface area contributed by atoms with Gasteiger partial charge in [0.1, 0.15) is 0 Å². The number of aromatic nitrogens is 2. The fourth-order valence-corrected chi connectivity index (χ4v) is 4.44. The lowest BCUT2D eigenvalue weighted by Gasteiger charge is -2.25. The third kappa shape index (κ3) is 5.93. The Kier molecular flexibility index (Phi) is 8.31. The van der Waals surface area contributed by atoms with Crippen LogP contribution in [0.25, 0.3) is 4.96 Å². The van der Waals surface area contributed by atoms with E-state index in [2.05, 4.69) is 68.4 Å². The number of likely N-dealkylation sites (tertiary alicyclic amines) is 1. The summed E-state index contributed by atoms with van der Waals surface area (Å²) >= 11 is 1.65. The molecule has 1 atom stereocenters. The molecule has 6 nitrogen and oxygen atoms in total. The molecule has 29 heavy (non-hydrogen) atoms. The first-order valence-corrected chi connectivity index (χ1v) is 10.9. The van der Waals surface area contributed by atoms with Crippen molar-refractivity contribution in [1.29, 1.82) is 0 Å². The number of hydrogen-bond donors (Lipinski definition) is 2. The van der Waals surface area contributed by atoms with Crippen LogP contribution in [0.4, 0.5) is 0 Å². The quantitative estimate of drug-likeness (QED) is 0.281. The molecular weight excluding hydrogens is 495 g/mol. The standard InChI is InChI=1S/C21H28N6S.HI/c1-2-22-20(23-13-18-16-27-11-12-28-21(27)25-18)24-14-19-9-6-10-26(19)15-17-7-4-3-5-8-17;/h3-5,7-8,11-12,16,19H,2,6,9-10,13-15H2,1H3,(H2,22,23,24);1H. The number of guanidine groups is 1. The molecular formula is C21H29IN6S. The Morgan fingerprint density at radius 3 is 2.93 bits per heavy atom. The molecule has 1 fully saturated rings. The highest BCUT2D eigenvalue weighted by Gasteiger charge is 2.24. The van der Waals surface area contributed by atoms with Crippen molar-refractivity contribution < 1.29 is 0 Å². The van der Waals surface area contributed by atoms with Gasteiger partial charge in [-0.15, -0.1) is 35.3 Å². The van der Waals surface area contributed by atoms with Gasteiger partial charge in [0.25, 0.3) is 0 Å². The van der Waals surface area contributed by atoms with Gasteiger partial charge < -0.3 is 10.6 Å². The highest BCUT2D eigenvalue weighted by Crippen LogP contribution is 2.19. The first kappa shape index (κ1) is 22.0. The highest BCUT2D eigenvalue weighted by atomic mass is 127. The second-order valence-electron chi connectivity index (χ2n) is 7.15. The minimum atomic E-state index is 0.